The van der Waals surface area contributed by atoms with Crippen LogP contribution >= 0.6 is 0 Å². The van der Waals surface area contributed by atoms with Crippen LogP contribution in [0.25, 0.3) is 0 Å². The van der Waals surface area contributed by atoms with Crippen LogP contribution < -0.4 is 15.8 Å². The number of carbonyl (C=O) groups is 1. The minimum absolute atomic E-state index is 0.123. The molecule has 134 valence electrons. The molecule has 0 bridgehead atoms. The quantitative estimate of drug-likeness (QED) is 0.785. The number of nitrogens with two attached hydrogens (primary N) is 1. The summed E-state index contributed by atoms with van der Waals surface area (Å²) in [5.41, 5.74) is 6.91. The Morgan fingerprint density at radius 2 is 1.72 bits per heavy atom. The van der Waals surface area contributed by atoms with Gasteiger partial charge in [-0.2, -0.15) is 13.2 Å². The molecule has 25 heavy (non-hydrogen) atoms. The molecule has 0 aromatic heterocycles. The predicted octanol–water partition coefficient (Wildman–Crippen LogP) is 3.21. The van der Waals surface area contributed by atoms with E-state index < -0.39 is 17.8 Å². The zero-order valence-electron chi connectivity index (χ0n) is 13.6. The van der Waals surface area contributed by atoms with Crippen LogP contribution in [-0.4, -0.2) is 19.1 Å². The van der Waals surface area contributed by atoms with Gasteiger partial charge in [-0.25, -0.2) is 0 Å². The molecule has 0 aliphatic rings. The summed E-state index contributed by atoms with van der Waals surface area (Å²) in [5, 5.41) is 2.63. The van der Waals surface area contributed by atoms with E-state index in [9.17, 15) is 18.0 Å². The molecule has 1 amide bonds. The Kier molecular flexibility index (Phi) is 6.03. The van der Waals surface area contributed by atoms with Crippen LogP contribution in [0.3, 0.4) is 0 Å². The smallest absolute Gasteiger partial charge is 0.416 e. The zero-order chi connectivity index (χ0) is 18.4. The fraction of sp³-hybridized carbons (Fsp3) is 0.278. The molecule has 2 aromatic rings. The van der Waals surface area contributed by atoms with E-state index in [0.717, 1.165) is 17.7 Å². The molecule has 0 fully saturated rings. The third-order valence-electron chi connectivity index (χ3n) is 3.57. The van der Waals surface area contributed by atoms with E-state index >= 15 is 0 Å². The molecule has 3 N–H and O–H groups in total. The molecule has 2 rings (SSSR count). The maximum absolute atomic E-state index is 12.5. The first kappa shape index (κ1) is 18.8. The Balaban J connectivity index is 1.77. The van der Waals surface area contributed by atoms with E-state index in [0.29, 0.717) is 11.3 Å². The summed E-state index contributed by atoms with van der Waals surface area (Å²) in [4.78, 5) is 12.0. The number of hydrogen-bond donors (Lipinski definition) is 2. The molecule has 0 saturated heterocycles. The molecule has 0 spiro atoms. The topological polar surface area (TPSA) is 64.4 Å². The monoisotopic (exact) mass is 352 g/mol. The first-order chi connectivity index (χ1) is 11.8. The van der Waals surface area contributed by atoms with Gasteiger partial charge in [-0.3, -0.25) is 4.79 Å². The number of ether oxygens (including phenoxy) is 1. The van der Waals surface area contributed by atoms with Crippen LogP contribution in [0.5, 0.6) is 5.75 Å². The van der Waals surface area contributed by atoms with Crippen molar-refractivity contribution < 1.29 is 22.7 Å². The number of hydrogen-bond acceptors (Lipinski definition) is 3. The molecular weight excluding hydrogens is 333 g/mol. The number of benzene rings is 2. The molecule has 0 aliphatic heterocycles. The lowest BCUT2D eigenvalue weighted by molar-refractivity contribution is -0.137. The first-order valence-corrected chi connectivity index (χ1v) is 7.67. The molecule has 7 heteroatoms. The second kappa shape index (κ2) is 8.02. The third kappa shape index (κ3) is 5.49. The summed E-state index contributed by atoms with van der Waals surface area (Å²) in [5.74, 6) is -0.0510. The number of halogens is 3. The normalized spacial score (nSPS) is 12.5. The predicted molar refractivity (Wildman–Crippen MR) is 88.1 cm³/mol. The highest BCUT2D eigenvalue weighted by Crippen LogP contribution is 2.30. The van der Waals surface area contributed by atoms with Gasteiger partial charge in [-0.1, -0.05) is 29.8 Å². The number of alkyl halides is 3. The number of aryl methyl sites for hydroxylation is 1. The Morgan fingerprint density at radius 1 is 1.12 bits per heavy atom. The van der Waals surface area contributed by atoms with Crippen molar-refractivity contribution in [1.82, 2.24) is 5.32 Å². The lowest BCUT2D eigenvalue weighted by Crippen LogP contribution is -2.36. The van der Waals surface area contributed by atoms with Gasteiger partial charge in [0.2, 0.25) is 5.91 Å². The van der Waals surface area contributed by atoms with Gasteiger partial charge < -0.3 is 15.8 Å². The van der Waals surface area contributed by atoms with Crippen LogP contribution in [0.1, 0.15) is 22.7 Å². The lowest BCUT2D eigenvalue weighted by Gasteiger charge is -2.13. The van der Waals surface area contributed by atoms with Crippen LogP contribution in [-0.2, 0) is 11.0 Å². The van der Waals surface area contributed by atoms with Gasteiger partial charge in [0.15, 0.2) is 0 Å². The summed E-state index contributed by atoms with van der Waals surface area (Å²) in [7, 11) is 0. The van der Waals surface area contributed by atoms with Crippen molar-refractivity contribution in [3.8, 4) is 5.75 Å². The number of nitrogens with one attached hydrogen (secondary N) is 1. The van der Waals surface area contributed by atoms with Gasteiger partial charge in [0, 0.05) is 0 Å². The van der Waals surface area contributed by atoms with E-state index in [1.807, 2.05) is 19.1 Å². The van der Waals surface area contributed by atoms with Crippen molar-refractivity contribution in [3.63, 3.8) is 0 Å². The molecular formula is C18H19F3N2O2. The SMILES string of the molecule is Cc1ccc(C(N)C(=O)NCCOc2ccc(C(F)(F)F)cc2)cc1. The van der Waals surface area contributed by atoms with Gasteiger partial charge in [0.25, 0.3) is 0 Å². The van der Waals surface area contributed by atoms with Gasteiger partial charge in [0.1, 0.15) is 18.4 Å². The van der Waals surface area contributed by atoms with Crippen LogP contribution in [0, 0.1) is 6.92 Å². The molecule has 0 heterocycles. The molecule has 1 atom stereocenters. The van der Waals surface area contributed by atoms with Crippen molar-refractivity contribution in [1.29, 1.82) is 0 Å². The fourth-order valence-electron chi connectivity index (χ4n) is 2.12. The third-order valence-corrected chi connectivity index (χ3v) is 3.57. The van der Waals surface area contributed by atoms with E-state index in [1.54, 1.807) is 12.1 Å². The molecule has 0 radical (unpaired) electrons. The van der Waals surface area contributed by atoms with E-state index in [4.69, 9.17) is 10.5 Å². The standard InChI is InChI=1S/C18H19F3N2O2/c1-12-2-4-13(5-3-12)16(22)17(24)23-10-11-25-15-8-6-14(7-9-15)18(19,20)21/h2-9,16H,10-11,22H2,1H3,(H,23,24). The second-order valence-electron chi connectivity index (χ2n) is 5.55. The average molecular weight is 352 g/mol. The minimum atomic E-state index is -4.38. The molecule has 2 aromatic carbocycles. The highest BCUT2D eigenvalue weighted by Gasteiger charge is 2.30. The van der Waals surface area contributed by atoms with Crippen molar-refractivity contribution in [2.75, 3.05) is 13.2 Å². The summed E-state index contributed by atoms with van der Waals surface area (Å²) in [6, 6.07) is 10.9. The summed E-state index contributed by atoms with van der Waals surface area (Å²) in [6.45, 7) is 2.26. The molecule has 0 aliphatic carbocycles. The van der Waals surface area contributed by atoms with E-state index in [-0.39, 0.29) is 19.1 Å². The van der Waals surface area contributed by atoms with Crippen LogP contribution in [0.2, 0.25) is 0 Å². The van der Waals surface area contributed by atoms with Crippen molar-refractivity contribution in [3.05, 3.63) is 65.2 Å². The summed E-state index contributed by atoms with van der Waals surface area (Å²) in [6.07, 6.45) is -4.38. The lowest BCUT2D eigenvalue weighted by atomic mass is 10.1. The first-order valence-electron chi connectivity index (χ1n) is 7.67. The Hall–Kier alpha value is -2.54. The largest absolute Gasteiger partial charge is 0.492 e. The number of rotatable bonds is 6. The molecule has 1 unspecified atom stereocenters. The molecule has 4 nitrogen and oxygen atoms in total. The Bertz CT molecular complexity index is 698. The Labute approximate surface area is 143 Å². The maximum atomic E-state index is 12.5. The summed E-state index contributed by atoms with van der Waals surface area (Å²) < 4.78 is 42.7. The Morgan fingerprint density at radius 3 is 2.28 bits per heavy atom. The maximum Gasteiger partial charge on any atom is 0.416 e. The number of amides is 1. The van der Waals surface area contributed by atoms with E-state index in [2.05, 4.69) is 5.32 Å². The highest BCUT2D eigenvalue weighted by atomic mass is 19.4. The highest BCUT2D eigenvalue weighted by molar-refractivity contribution is 5.82. The van der Waals surface area contributed by atoms with Crippen molar-refractivity contribution in [2.24, 2.45) is 5.73 Å². The van der Waals surface area contributed by atoms with Crippen LogP contribution in [0.15, 0.2) is 48.5 Å². The van der Waals surface area contributed by atoms with Crippen molar-refractivity contribution in [2.45, 2.75) is 19.1 Å². The van der Waals surface area contributed by atoms with Gasteiger partial charge in [-0.05, 0) is 36.8 Å². The van der Waals surface area contributed by atoms with Crippen LogP contribution in [0.4, 0.5) is 13.2 Å². The van der Waals surface area contributed by atoms with Gasteiger partial charge >= 0.3 is 6.18 Å². The van der Waals surface area contributed by atoms with Gasteiger partial charge in [0.05, 0.1) is 12.1 Å². The molecule has 0 saturated carbocycles. The summed E-state index contributed by atoms with van der Waals surface area (Å²) >= 11 is 0. The van der Waals surface area contributed by atoms with E-state index in [1.165, 1.54) is 12.1 Å². The minimum Gasteiger partial charge on any atom is -0.492 e. The number of carbonyl (C=O) groups excluding carboxylic acids is 1. The zero-order valence-corrected chi connectivity index (χ0v) is 13.6. The van der Waals surface area contributed by atoms with Gasteiger partial charge in [-0.15, -0.1) is 0 Å². The van der Waals surface area contributed by atoms with Crippen molar-refractivity contribution >= 4 is 5.91 Å². The second-order valence-corrected chi connectivity index (χ2v) is 5.55. The fourth-order valence-corrected chi connectivity index (χ4v) is 2.12. The average Bonchev–Trinajstić information content (AvgIpc) is 2.58.